The summed E-state index contributed by atoms with van der Waals surface area (Å²) in [6, 6.07) is 5.14. The SMILES string of the molecule is Cc1nc(N2CCCN(C)CC2)nc2ncc(NC(=O)C=Cc3ccc(OC(F)(F)F)cc3)nc12. The van der Waals surface area contributed by atoms with E-state index in [0.717, 1.165) is 32.6 Å². The maximum Gasteiger partial charge on any atom is 0.573 e. The quantitative estimate of drug-likeness (QED) is 0.547. The number of amides is 1. The number of anilines is 2. The monoisotopic (exact) mass is 487 g/mol. The maximum atomic E-state index is 12.3. The summed E-state index contributed by atoms with van der Waals surface area (Å²) in [4.78, 5) is 34.7. The first-order valence-electron chi connectivity index (χ1n) is 11.0. The summed E-state index contributed by atoms with van der Waals surface area (Å²) < 4.78 is 40.6. The van der Waals surface area contributed by atoms with E-state index in [-0.39, 0.29) is 11.6 Å². The van der Waals surface area contributed by atoms with Crippen LogP contribution in [0.25, 0.3) is 17.2 Å². The standard InChI is InChI=1S/C23H24F3N7O2/c1-15-20-21(31-22(28-15)33-11-3-10-32(2)12-13-33)27-14-18(30-20)29-19(34)9-6-16-4-7-17(8-5-16)35-23(24,25)26/h4-9,14H,3,10-13H2,1-2H3,(H,29,30,34). The Morgan fingerprint density at radius 2 is 1.86 bits per heavy atom. The van der Waals surface area contributed by atoms with Crippen LogP contribution in [-0.4, -0.2) is 70.3 Å². The Hall–Kier alpha value is -3.80. The zero-order chi connectivity index (χ0) is 25.0. The van der Waals surface area contributed by atoms with Gasteiger partial charge in [0.2, 0.25) is 11.9 Å². The van der Waals surface area contributed by atoms with Crippen LogP contribution in [0.1, 0.15) is 17.7 Å². The molecule has 1 saturated heterocycles. The number of ether oxygens (including phenoxy) is 1. The van der Waals surface area contributed by atoms with Crippen molar-refractivity contribution in [1.82, 2.24) is 24.8 Å². The zero-order valence-corrected chi connectivity index (χ0v) is 19.2. The van der Waals surface area contributed by atoms with Gasteiger partial charge in [0.1, 0.15) is 11.3 Å². The van der Waals surface area contributed by atoms with Gasteiger partial charge in [-0.15, -0.1) is 13.2 Å². The predicted molar refractivity (Wildman–Crippen MR) is 125 cm³/mol. The Kier molecular flexibility index (Phi) is 7.10. The van der Waals surface area contributed by atoms with E-state index in [0.29, 0.717) is 28.4 Å². The number of benzene rings is 1. The largest absolute Gasteiger partial charge is 0.573 e. The van der Waals surface area contributed by atoms with Crippen LogP contribution in [-0.2, 0) is 4.79 Å². The van der Waals surface area contributed by atoms with Crippen LogP contribution < -0.4 is 15.0 Å². The van der Waals surface area contributed by atoms with Crippen molar-refractivity contribution in [2.75, 3.05) is 43.4 Å². The van der Waals surface area contributed by atoms with Crippen LogP contribution in [0.15, 0.2) is 36.5 Å². The molecule has 0 atom stereocenters. The van der Waals surface area contributed by atoms with Crippen molar-refractivity contribution in [3.63, 3.8) is 0 Å². The first-order valence-corrected chi connectivity index (χ1v) is 11.0. The molecule has 2 aromatic heterocycles. The number of aryl methyl sites for hydroxylation is 1. The molecule has 1 aliphatic heterocycles. The van der Waals surface area contributed by atoms with Crippen LogP contribution in [0.3, 0.4) is 0 Å². The lowest BCUT2D eigenvalue weighted by Gasteiger charge is -2.21. The molecule has 3 aromatic rings. The van der Waals surface area contributed by atoms with E-state index in [1.165, 1.54) is 42.6 Å². The third-order valence-corrected chi connectivity index (χ3v) is 5.36. The lowest BCUT2D eigenvalue weighted by molar-refractivity contribution is -0.274. The van der Waals surface area contributed by atoms with Gasteiger partial charge in [-0.1, -0.05) is 12.1 Å². The van der Waals surface area contributed by atoms with Crippen LogP contribution in [0.2, 0.25) is 0 Å². The molecule has 0 bridgehead atoms. The topological polar surface area (TPSA) is 96.4 Å². The van der Waals surface area contributed by atoms with Crippen molar-refractivity contribution < 1.29 is 22.7 Å². The molecule has 35 heavy (non-hydrogen) atoms. The molecule has 184 valence electrons. The van der Waals surface area contributed by atoms with Gasteiger partial charge in [0.25, 0.3) is 0 Å². The minimum Gasteiger partial charge on any atom is -0.406 e. The second kappa shape index (κ2) is 10.2. The molecule has 1 N–H and O–H groups in total. The Bertz CT molecular complexity index is 1230. The minimum atomic E-state index is -4.76. The number of halogens is 3. The van der Waals surface area contributed by atoms with E-state index in [1.54, 1.807) is 0 Å². The Morgan fingerprint density at radius 1 is 1.09 bits per heavy atom. The molecule has 9 nitrogen and oxygen atoms in total. The molecule has 0 aliphatic carbocycles. The minimum absolute atomic E-state index is 0.233. The number of rotatable bonds is 5. The molecule has 0 spiro atoms. The lowest BCUT2D eigenvalue weighted by atomic mass is 10.2. The lowest BCUT2D eigenvalue weighted by Crippen LogP contribution is -2.30. The first kappa shape index (κ1) is 24.3. The highest BCUT2D eigenvalue weighted by molar-refractivity contribution is 6.01. The van der Waals surface area contributed by atoms with E-state index in [4.69, 9.17) is 0 Å². The normalized spacial score (nSPS) is 15.4. The van der Waals surface area contributed by atoms with Crippen molar-refractivity contribution in [3.05, 3.63) is 47.8 Å². The highest BCUT2D eigenvalue weighted by Gasteiger charge is 2.30. The summed E-state index contributed by atoms with van der Waals surface area (Å²) in [6.07, 6.45) is 0.387. The Morgan fingerprint density at radius 3 is 2.60 bits per heavy atom. The molecule has 1 aromatic carbocycles. The second-order valence-corrected chi connectivity index (χ2v) is 8.12. The third-order valence-electron chi connectivity index (χ3n) is 5.36. The van der Waals surface area contributed by atoms with Crippen molar-refractivity contribution in [2.45, 2.75) is 19.7 Å². The van der Waals surface area contributed by atoms with Crippen molar-refractivity contribution in [2.24, 2.45) is 0 Å². The van der Waals surface area contributed by atoms with Gasteiger partial charge in [-0.3, -0.25) is 4.79 Å². The number of hydrogen-bond donors (Lipinski definition) is 1. The number of nitrogens with zero attached hydrogens (tertiary/aromatic N) is 6. The van der Waals surface area contributed by atoms with Crippen LogP contribution in [0.4, 0.5) is 24.9 Å². The van der Waals surface area contributed by atoms with Crippen LogP contribution >= 0.6 is 0 Å². The Balaban J connectivity index is 1.42. The fourth-order valence-electron chi connectivity index (χ4n) is 3.60. The number of carbonyl (C=O) groups excluding carboxylic acids is 1. The molecular formula is C23H24F3N7O2. The molecule has 1 amide bonds. The van der Waals surface area contributed by atoms with Crippen LogP contribution in [0, 0.1) is 6.92 Å². The molecule has 3 heterocycles. The predicted octanol–water partition coefficient (Wildman–Crippen LogP) is 3.42. The Labute approximate surface area is 199 Å². The molecule has 12 heteroatoms. The number of alkyl halides is 3. The summed E-state index contributed by atoms with van der Waals surface area (Å²) >= 11 is 0. The number of hydrogen-bond acceptors (Lipinski definition) is 8. The first-order chi connectivity index (χ1) is 16.7. The highest BCUT2D eigenvalue weighted by atomic mass is 19.4. The number of aromatic nitrogens is 4. The van der Waals surface area contributed by atoms with E-state index in [2.05, 4.69) is 46.8 Å². The fraction of sp³-hybridized carbons (Fsp3) is 0.348. The smallest absolute Gasteiger partial charge is 0.406 e. The fourth-order valence-corrected chi connectivity index (χ4v) is 3.60. The summed E-state index contributed by atoms with van der Waals surface area (Å²) in [6.45, 7) is 5.47. The van der Waals surface area contributed by atoms with Gasteiger partial charge in [0.05, 0.1) is 11.9 Å². The van der Waals surface area contributed by atoms with E-state index >= 15 is 0 Å². The van der Waals surface area contributed by atoms with Crippen molar-refractivity contribution >= 4 is 34.9 Å². The van der Waals surface area contributed by atoms with E-state index < -0.39 is 12.3 Å². The molecule has 0 unspecified atom stereocenters. The number of nitrogens with one attached hydrogen (secondary N) is 1. The molecule has 0 radical (unpaired) electrons. The molecule has 1 aliphatic rings. The van der Waals surface area contributed by atoms with Gasteiger partial charge in [0.15, 0.2) is 11.5 Å². The van der Waals surface area contributed by atoms with Gasteiger partial charge in [-0.25, -0.2) is 15.0 Å². The van der Waals surface area contributed by atoms with Gasteiger partial charge in [-0.05, 0) is 50.7 Å². The molecular weight excluding hydrogens is 463 g/mol. The maximum absolute atomic E-state index is 12.3. The highest BCUT2D eigenvalue weighted by Crippen LogP contribution is 2.23. The number of likely N-dealkylation sites (N-methyl/N-ethyl adjacent to an activating group) is 1. The van der Waals surface area contributed by atoms with Crippen LogP contribution in [0.5, 0.6) is 5.75 Å². The van der Waals surface area contributed by atoms with Gasteiger partial charge in [0, 0.05) is 25.7 Å². The van der Waals surface area contributed by atoms with Crippen molar-refractivity contribution in [3.8, 4) is 5.75 Å². The number of fused-ring (bicyclic) bond motifs is 1. The summed E-state index contributed by atoms with van der Waals surface area (Å²) in [5, 5.41) is 2.62. The van der Waals surface area contributed by atoms with Crippen molar-refractivity contribution in [1.29, 1.82) is 0 Å². The van der Waals surface area contributed by atoms with E-state index in [1.807, 2.05) is 6.92 Å². The average Bonchev–Trinajstić information content (AvgIpc) is 3.02. The third kappa shape index (κ3) is 6.63. The summed E-state index contributed by atoms with van der Waals surface area (Å²) in [5.41, 5.74) is 2.11. The summed E-state index contributed by atoms with van der Waals surface area (Å²) in [5.74, 6) is 0.0375. The number of carbonyl (C=O) groups is 1. The van der Waals surface area contributed by atoms with Gasteiger partial charge < -0.3 is 19.9 Å². The second-order valence-electron chi connectivity index (χ2n) is 8.12. The van der Waals surface area contributed by atoms with E-state index in [9.17, 15) is 18.0 Å². The molecule has 4 rings (SSSR count). The molecule has 0 saturated carbocycles. The summed E-state index contributed by atoms with van der Waals surface area (Å²) in [7, 11) is 2.09. The zero-order valence-electron chi connectivity index (χ0n) is 19.2. The molecule has 1 fully saturated rings. The average molecular weight is 487 g/mol. The van der Waals surface area contributed by atoms with Gasteiger partial charge in [-0.2, -0.15) is 4.98 Å². The van der Waals surface area contributed by atoms with Gasteiger partial charge >= 0.3 is 6.36 Å².